The topological polar surface area (TPSA) is 83.8 Å². The van der Waals surface area contributed by atoms with Gasteiger partial charge in [-0.05, 0) is 19.4 Å². The number of hydrogen-bond donors (Lipinski definition) is 2. The second-order valence-corrected chi connectivity index (χ2v) is 5.02. The molecule has 3 atom stereocenters. The van der Waals surface area contributed by atoms with Gasteiger partial charge in [0.05, 0.1) is 12.7 Å². The Bertz CT molecular complexity index is 488. The Morgan fingerprint density at radius 3 is 2.67 bits per heavy atom. The fraction of sp³-hybridized carbons (Fsp3) is 0.538. The number of ketones is 1. The quantitative estimate of drug-likeness (QED) is 0.690. The van der Waals surface area contributed by atoms with Crippen molar-refractivity contribution in [1.29, 1.82) is 0 Å². The SMILES string of the molecule is CC1OCC2=C(C1C)C(C)(C(=O)O)C(=O)C=C2O. The van der Waals surface area contributed by atoms with Crippen LogP contribution in [0.4, 0.5) is 0 Å². The van der Waals surface area contributed by atoms with E-state index in [1.807, 2.05) is 13.8 Å². The van der Waals surface area contributed by atoms with Crippen molar-refractivity contribution in [3.63, 3.8) is 0 Å². The minimum Gasteiger partial charge on any atom is -0.507 e. The zero-order valence-corrected chi connectivity index (χ0v) is 10.6. The van der Waals surface area contributed by atoms with Gasteiger partial charge in [0, 0.05) is 17.6 Å². The van der Waals surface area contributed by atoms with Gasteiger partial charge in [-0.2, -0.15) is 0 Å². The number of carboxylic acids is 1. The smallest absolute Gasteiger partial charge is 0.321 e. The predicted octanol–water partition coefficient (Wildman–Crippen LogP) is 1.45. The molecular formula is C13H16O5. The lowest BCUT2D eigenvalue weighted by atomic mass is 9.66. The summed E-state index contributed by atoms with van der Waals surface area (Å²) < 4.78 is 5.48. The third-order valence-corrected chi connectivity index (χ3v) is 4.01. The van der Waals surface area contributed by atoms with Gasteiger partial charge in [-0.15, -0.1) is 0 Å². The average molecular weight is 252 g/mol. The summed E-state index contributed by atoms with van der Waals surface area (Å²) in [6.07, 6.45) is 0.806. The summed E-state index contributed by atoms with van der Waals surface area (Å²) in [5.74, 6) is -2.18. The van der Waals surface area contributed by atoms with E-state index in [9.17, 15) is 19.8 Å². The minimum absolute atomic E-state index is 0.138. The molecule has 0 spiro atoms. The van der Waals surface area contributed by atoms with E-state index in [-0.39, 0.29) is 24.4 Å². The van der Waals surface area contributed by atoms with Gasteiger partial charge >= 0.3 is 5.97 Å². The number of ether oxygens (including phenoxy) is 1. The molecule has 18 heavy (non-hydrogen) atoms. The van der Waals surface area contributed by atoms with Crippen LogP contribution in [-0.2, 0) is 14.3 Å². The van der Waals surface area contributed by atoms with E-state index in [4.69, 9.17) is 4.74 Å². The lowest BCUT2D eigenvalue weighted by molar-refractivity contribution is -0.151. The lowest BCUT2D eigenvalue weighted by Gasteiger charge is -2.40. The third-order valence-electron chi connectivity index (χ3n) is 4.01. The number of aliphatic hydroxyl groups is 1. The maximum absolute atomic E-state index is 12.0. The highest BCUT2D eigenvalue weighted by atomic mass is 16.5. The van der Waals surface area contributed by atoms with Crippen molar-refractivity contribution in [2.75, 3.05) is 6.61 Å². The maximum Gasteiger partial charge on any atom is 0.321 e. The van der Waals surface area contributed by atoms with Crippen LogP contribution in [0.25, 0.3) is 0 Å². The highest BCUT2D eigenvalue weighted by Gasteiger charge is 2.51. The van der Waals surface area contributed by atoms with Crippen LogP contribution in [0.1, 0.15) is 20.8 Å². The molecule has 98 valence electrons. The van der Waals surface area contributed by atoms with Crippen molar-refractivity contribution in [2.24, 2.45) is 11.3 Å². The Balaban J connectivity index is 2.67. The third kappa shape index (κ3) is 1.50. The van der Waals surface area contributed by atoms with Crippen LogP contribution in [-0.4, -0.2) is 34.7 Å². The first-order chi connectivity index (χ1) is 8.30. The molecular weight excluding hydrogens is 236 g/mol. The van der Waals surface area contributed by atoms with Gasteiger partial charge in [-0.3, -0.25) is 9.59 Å². The van der Waals surface area contributed by atoms with Crippen molar-refractivity contribution >= 4 is 11.8 Å². The number of hydrogen-bond acceptors (Lipinski definition) is 4. The Morgan fingerprint density at radius 1 is 1.50 bits per heavy atom. The Labute approximate surface area is 105 Å². The number of rotatable bonds is 1. The van der Waals surface area contributed by atoms with Gasteiger partial charge in [-0.1, -0.05) is 6.92 Å². The molecule has 0 saturated carbocycles. The van der Waals surface area contributed by atoms with Crippen LogP contribution in [0.15, 0.2) is 23.0 Å². The number of carbonyl (C=O) groups excluding carboxylic acids is 1. The minimum atomic E-state index is -1.60. The summed E-state index contributed by atoms with van der Waals surface area (Å²) in [6.45, 7) is 5.17. The van der Waals surface area contributed by atoms with Crippen molar-refractivity contribution in [3.05, 3.63) is 23.0 Å². The van der Waals surface area contributed by atoms with E-state index < -0.39 is 17.2 Å². The zero-order valence-electron chi connectivity index (χ0n) is 10.6. The summed E-state index contributed by atoms with van der Waals surface area (Å²) in [7, 11) is 0. The maximum atomic E-state index is 12.0. The number of allylic oxidation sites excluding steroid dienone is 1. The second-order valence-electron chi connectivity index (χ2n) is 5.02. The zero-order chi connectivity index (χ0) is 13.7. The van der Waals surface area contributed by atoms with Crippen molar-refractivity contribution in [3.8, 4) is 0 Å². The largest absolute Gasteiger partial charge is 0.507 e. The summed E-state index contributed by atoms with van der Waals surface area (Å²) in [4.78, 5) is 23.5. The number of aliphatic carboxylic acids is 1. The van der Waals surface area contributed by atoms with Crippen LogP contribution in [0, 0.1) is 11.3 Å². The van der Waals surface area contributed by atoms with Gasteiger partial charge in [0.15, 0.2) is 5.78 Å². The molecule has 0 saturated heterocycles. The van der Waals surface area contributed by atoms with E-state index in [1.54, 1.807) is 0 Å². The summed E-state index contributed by atoms with van der Waals surface area (Å²) in [5, 5.41) is 19.2. The van der Waals surface area contributed by atoms with Gasteiger partial charge in [0.25, 0.3) is 0 Å². The Hall–Kier alpha value is -1.62. The molecule has 2 aliphatic rings. The Morgan fingerprint density at radius 2 is 2.11 bits per heavy atom. The molecule has 5 heteroatoms. The van der Waals surface area contributed by atoms with E-state index in [1.165, 1.54) is 6.92 Å². The normalized spacial score (nSPS) is 36.2. The van der Waals surface area contributed by atoms with E-state index >= 15 is 0 Å². The van der Waals surface area contributed by atoms with Crippen LogP contribution in [0.2, 0.25) is 0 Å². The van der Waals surface area contributed by atoms with Crippen LogP contribution in [0.3, 0.4) is 0 Å². The van der Waals surface area contributed by atoms with Gasteiger partial charge in [-0.25, -0.2) is 0 Å². The fourth-order valence-electron chi connectivity index (χ4n) is 2.62. The van der Waals surface area contributed by atoms with E-state index in [0.29, 0.717) is 11.1 Å². The molecule has 0 aromatic rings. The van der Waals surface area contributed by atoms with Gasteiger partial charge < -0.3 is 14.9 Å². The Kier molecular flexibility index (Phi) is 2.81. The van der Waals surface area contributed by atoms with Crippen LogP contribution >= 0.6 is 0 Å². The highest BCUT2D eigenvalue weighted by Crippen LogP contribution is 2.45. The van der Waals surface area contributed by atoms with E-state index in [2.05, 4.69) is 0 Å². The molecule has 0 radical (unpaired) electrons. The molecule has 5 nitrogen and oxygen atoms in total. The number of carbonyl (C=O) groups is 2. The fourth-order valence-corrected chi connectivity index (χ4v) is 2.62. The van der Waals surface area contributed by atoms with Gasteiger partial charge in [0.2, 0.25) is 0 Å². The molecule has 0 aromatic carbocycles. The molecule has 0 fully saturated rings. The standard InChI is InChI=1S/C13H16O5/c1-6-7(2)18-5-8-9(14)4-10(15)13(3,11(6)8)12(16)17/h4,6-7,14H,5H2,1-3H3,(H,16,17). The number of aliphatic hydroxyl groups excluding tert-OH is 1. The molecule has 0 bridgehead atoms. The number of carboxylic acid groups (broad SMARTS) is 1. The van der Waals surface area contributed by atoms with Crippen molar-refractivity contribution in [2.45, 2.75) is 26.9 Å². The van der Waals surface area contributed by atoms with Crippen LogP contribution < -0.4 is 0 Å². The van der Waals surface area contributed by atoms with Gasteiger partial charge in [0.1, 0.15) is 11.2 Å². The first kappa shape index (κ1) is 12.8. The van der Waals surface area contributed by atoms with Crippen molar-refractivity contribution in [1.82, 2.24) is 0 Å². The first-order valence-corrected chi connectivity index (χ1v) is 5.84. The highest BCUT2D eigenvalue weighted by molar-refractivity contribution is 6.13. The second kappa shape index (κ2) is 3.95. The van der Waals surface area contributed by atoms with E-state index in [0.717, 1.165) is 6.08 Å². The molecule has 0 aromatic heterocycles. The predicted molar refractivity (Wildman–Crippen MR) is 63.1 cm³/mol. The summed E-state index contributed by atoms with van der Waals surface area (Å²) >= 11 is 0. The molecule has 1 aliphatic carbocycles. The van der Waals surface area contributed by atoms with Crippen molar-refractivity contribution < 1.29 is 24.5 Å². The van der Waals surface area contributed by atoms with Crippen LogP contribution in [0.5, 0.6) is 0 Å². The molecule has 2 rings (SSSR count). The summed E-state index contributed by atoms with van der Waals surface area (Å²) in [6, 6.07) is 0. The first-order valence-electron chi connectivity index (χ1n) is 5.84. The molecule has 3 unspecified atom stereocenters. The molecule has 1 heterocycles. The molecule has 1 aliphatic heterocycles. The monoisotopic (exact) mass is 252 g/mol. The summed E-state index contributed by atoms with van der Waals surface area (Å²) in [5.41, 5.74) is -0.692. The average Bonchev–Trinajstić information content (AvgIpc) is 2.29. The lowest BCUT2D eigenvalue weighted by Crippen LogP contribution is -2.46. The molecule has 0 amide bonds. The molecule has 2 N–H and O–H groups in total.